The van der Waals surface area contributed by atoms with Crippen LogP contribution in [0.5, 0.6) is 11.5 Å². The maximum atomic E-state index is 12.6. The van der Waals surface area contributed by atoms with Gasteiger partial charge in [0.25, 0.3) is 15.9 Å². The zero-order valence-corrected chi connectivity index (χ0v) is 15.4. The van der Waals surface area contributed by atoms with Gasteiger partial charge < -0.3 is 14.8 Å². The van der Waals surface area contributed by atoms with Crippen molar-refractivity contribution >= 4 is 27.3 Å². The van der Waals surface area contributed by atoms with Gasteiger partial charge in [0.2, 0.25) is 0 Å². The van der Waals surface area contributed by atoms with Crippen LogP contribution in [0.3, 0.4) is 0 Å². The lowest BCUT2D eigenvalue weighted by Crippen LogP contribution is -2.25. The van der Waals surface area contributed by atoms with Crippen molar-refractivity contribution in [1.82, 2.24) is 0 Å². The third-order valence-corrected chi connectivity index (χ3v) is 5.98. The van der Waals surface area contributed by atoms with Gasteiger partial charge in [-0.1, -0.05) is 0 Å². The topological polar surface area (TPSA) is 93.7 Å². The molecule has 0 unspecified atom stereocenters. The smallest absolute Gasteiger partial charge is 0.262 e. The molecule has 1 aliphatic heterocycles. The molecule has 0 saturated heterocycles. The first-order valence-electron chi connectivity index (χ1n) is 8.86. The summed E-state index contributed by atoms with van der Waals surface area (Å²) in [7, 11) is -3.80. The Kier molecular flexibility index (Phi) is 4.65. The van der Waals surface area contributed by atoms with E-state index in [1.807, 2.05) is 0 Å². The van der Waals surface area contributed by atoms with Crippen molar-refractivity contribution in [3.05, 3.63) is 42.5 Å². The summed E-state index contributed by atoms with van der Waals surface area (Å²) in [6, 6.07) is 11.2. The van der Waals surface area contributed by atoms with Crippen LogP contribution in [-0.2, 0) is 14.8 Å². The second kappa shape index (κ2) is 7.11. The normalized spacial score (nSPS) is 17.0. The maximum Gasteiger partial charge on any atom is 0.262 e. The minimum Gasteiger partial charge on any atom is -0.490 e. The molecule has 1 fully saturated rings. The molecule has 27 heavy (non-hydrogen) atoms. The summed E-state index contributed by atoms with van der Waals surface area (Å²) in [4.78, 5) is 11.5. The van der Waals surface area contributed by atoms with Gasteiger partial charge in [0.15, 0.2) is 6.61 Å². The van der Waals surface area contributed by atoms with Crippen molar-refractivity contribution in [1.29, 1.82) is 0 Å². The average molecular weight is 388 g/mol. The molecule has 7 nitrogen and oxygen atoms in total. The van der Waals surface area contributed by atoms with Crippen LogP contribution in [0.25, 0.3) is 0 Å². The highest BCUT2D eigenvalue weighted by molar-refractivity contribution is 7.92. The van der Waals surface area contributed by atoms with Gasteiger partial charge in [-0.15, -0.1) is 0 Å². The van der Waals surface area contributed by atoms with E-state index in [1.54, 1.807) is 24.3 Å². The Morgan fingerprint density at radius 1 is 1.07 bits per heavy atom. The quantitative estimate of drug-likeness (QED) is 0.821. The molecule has 2 aromatic rings. The van der Waals surface area contributed by atoms with Gasteiger partial charge in [0.1, 0.15) is 11.5 Å². The molecule has 8 heteroatoms. The van der Waals surface area contributed by atoms with Gasteiger partial charge in [-0.2, -0.15) is 0 Å². The Morgan fingerprint density at radius 3 is 2.56 bits per heavy atom. The Bertz CT molecular complexity index is 951. The second-order valence-corrected chi connectivity index (χ2v) is 8.33. The minimum atomic E-state index is -3.80. The molecule has 1 heterocycles. The molecule has 0 bridgehead atoms. The molecular formula is C19H20N2O5S. The number of hydrogen-bond donors (Lipinski definition) is 2. The van der Waals surface area contributed by atoms with E-state index in [2.05, 4.69) is 10.0 Å². The largest absolute Gasteiger partial charge is 0.490 e. The average Bonchev–Trinajstić information content (AvgIpc) is 3.15. The van der Waals surface area contributed by atoms with Crippen LogP contribution in [0.1, 0.15) is 25.7 Å². The number of anilines is 2. The fraction of sp³-hybridized carbons (Fsp3) is 0.316. The molecule has 1 aliphatic carbocycles. The van der Waals surface area contributed by atoms with Gasteiger partial charge in [-0.25, -0.2) is 8.42 Å². The first-order valence-corrected chi connectivity index (χ1v) is 10.3. The van der Waals surface area contributed by atoms with Gasteiger partial charge in [-0.3, -0.25) is 9.52 Å². The third-order valence-electron chi connectivity index (χ3n) is 4.61. The SMILES string of the molecule is O=C1COc2ccc(S(=O)(=O)Nc3ccc(OC4CCCC4)cc3)cc2N1. The van der Waals surface area contributed by atoms with E-state index in [0.29, 0.717) is 17.1 Å². The molecule has 2 N–H and O–H groups in total. The van der Waals surface area contributed by atoms with E-state index in [1.165, 1.54) is 31.0 Å². The maximum absolute atomic E-state index is 12.6. The van der Waals surface area contributed by atoms with E-state index in [4.69, 9.17) is 9.47 Å². The molecule has 0 atom stereocenters. The van der Waals surface area contributed by atoms with Crippen LogP contribution < -0.4 is 19.5 Å². The van der Waals surface area contributed by atoms with Crippen molar-refractivity contribution in [3.63, 3.8) is 0 Å². The number of amides is 1. The summed E-state index contributed by atoms with van der Waals surface area (Å²) in [5, 5.41) is 2.61. The zero-order valence-electron chi connectivity index (χ0n) is 14.6. The number of ether oxygens (including phenoxy) is 2. The molecule has 0 spiro atoms. The lowest BCUT2D eigenvalue weighted by Gasteiger charge is -2.18. The second-order valence-electron chi connectivity index (χ2n) is 6.65. The summed E-state index contributed by atoms with van der Waals surface area (Å²) >= 11 is 0. The molecule has 1 saturated carbocycles. The number of fused-ring (bicyclic) bond motifs is 1. The highest BCUT2D eigenvalue weighted by Crippen LogP contribution is 2.31. The summed E-state index contributed by atoms with van der Waals surface area (Å²) in [5.41, 5.74) is 0.779. The Balaban J connectivity index is 1.48. The monoisotopic (exact) mass is 388 g/mol. The lowest BCUT2D eigenvalue weighted by molar-refractivity contribution is -0.118. The summed E-state index contributed by atoms with van der Waals surface area (Å²) in [5.74, 6) is 0.864. The fourth-order valence-corrected chi connectivity index (χ4v) is 4.33. The molecule has 0 aromatic heterocycles. The van der Waals surface area contributed by atoms with Crippen molar-refractivity contribution in [2.45, 2.75) is 36.7 Å². The highest BCUT2D eigenvalue weighted by atomic mass is 32.2. The van der Waals surface area contributed by atoms with Crippen LogP contribution in [0.15, 0.2) is 47.4 Å². The van der Waals surface area contributed by atoms with Crippen molar-refractivity contribution in [3.8, 4) is 11.5 Å². The van der Waals surface area contributed by atoms with Crippen molar-refractivity contribution < 1.29 is 22.7 Å². The van der Waals surface area contributed by atoms with E-state index in [0.717, 1.165) is 18.6 Å². The van der Waals surface area contributed by atoms with E-state index < -0.39 is 10.0 Å². The summed E-state index contributed by atoms with van der Waals surface area (Å²) < 4.78 is 38.9. The summed E-state index contributed by atoms with van der Waals surface area (Å²) in [6.07, 6.45) is 4.75. The van der Waals surface area contributed by atoms with Gasteiger partial charge >= 0.3 is 0 Å². The van der Waals surface area contributed by atoms with Crippen LogP contribution >= 0.6 is 0 Å². The number of carbonyl (C=O) groups excluding carboxylic acids is 1. The van der Waals surface area contributed by atoms with Gasteiger partial charge in [-0.05, 0) is 68.1 Å². The Morgan fingerprint density at radius 2 is 1.81 bits per heavy atom. The number of benzene rings is 2. The standard InChI is InChI=1S/C19H20N2O5S/c22-19-12-25-18-10-9-16(11-17(18)20-19)27(23,24)21-13-5-7-15(8-6-13)26-14-3-1-2-4-14/h5-11,14,21H,1-4,12H2,(H,20,22). The van der Waals surface area contributed by atoms with E-state index >= 15 is 0 Å². The van der Waals surface area contributed by atoms with Crippen LogP contribution in [0.4, 0.5) is 11.4 Å². The Labute approximate surface area is 157 Å². The van der Waals surface area contributed by atoms with Crippen LogP contribution in [-0.4, -0.2) is 27.0 Å². The minimum absolute atomic E-state index is 0.0401. The molecule has 142 valence electrons. The van der Waals surface area contributed by atoms with Crippen molar-refractivity contribution in [2.75, 3.05) is 16.6 Å². The lowest BCUT2D eigenvalue weighted by atomic mass is 10.2. The van der Waals surface area contributed by atoms with Gasteiger partial charge in [0, 0.05) is 5.69 Å². The third kappa shape index (κ3) is 4.00. The molecule has 4 rings (SSSR count). The number of hydrogen-bond acceptors (Lipinski definition) is 5. The molecule has 0 radical (unpaired) electrons. The molecule has 2 aliphatic rings. The van der Waals surface area contributed by atoms with Crippen LogP contribution in [0.2, 0.25) is 0 Å². The predicted molar refractivity (Wildman–Crippen MR) is 101 cm³/mol. The molecular weight excluding hydrogens is 368 g/mol. The number of carbonyl (C=O) groups is 1. The molecule has 1 amide bonds. The molecule has 2 aromatic carbocycles. The highest BCUT2D eigenvalue weighted by Gasteiger charge is 2.21. The fourth-order valence-electron chi connectivity index (χ4n) is 3.24. The van der Waals surface area contributed by atoms with E-state index in [-0.39, 0.29) is 23.5 Å². The van der Waals surface area contributed by atoms with Crippen molar-refractivity contribution in [2.24, 2.45) is 0 Å². The number of sulfonamides is 1. The van der Waals surface area contributed by atoms with Crippen LogP contribution in [0, 0.1) is 0 Å². The number of rotatable bonds is 5. The first kappa shape index (κ1) is 17.7. The van der Waals surface area contributed by atoms with Gasteiger partial charge in [0.05, 0.1) is 16.7 Å². The summed E-state index contributed by atoms with van der Waals surface area (Å²) in [6.45, 7) is -0.0768. The Hall–Kier alpha value is -2.74. The van der Waals surface area contributed by atoms with E-state index in [9.17, 15) is 13.2 Å². The number of nitrogens with one attached hydrogen (secondary N) is 2. The zero-order chi connectivity index (χ0) is 18.9. The first-order chi connectivity index (χ1) is 13.0. The predicted octanol–water partition coefficient (Wildman–Crippen LogP) is 3.14.